The molecule has 6 heterocycles. The normalized spacial score (nSPS) is 27.6. The molecule has 0 saturated carbocycles. The van der Waals surface area contributed by atoms with Crippen molar-refractivity contribution < 1.29 is 14.2 Å². The van der Waals surface area contributed by atoms with Crippen LogP contribution in [-0.4, -0.2) is 75.9 Å². The van der Waals surface area contributed by atoms with Crippen LogP contribution in [0.2, 0.25) is 0 Å². The third-order valence-corrected chi connectivity index (χ3v) is 9.11. The van der Waals surface area contributed by atoms with Crippen LogP contribution >= 0.6 is 0 Å². The SMILES string of the molecule is Oc1cc(-c2ncc3c(N4C[C@H]5CC[C@@H](C4)N5)nc(OC[C@@H]4CC5CCN4C5)nc3c2F)c2ccccc2c1. The van der Waals surface area contributed by atoms with Gasteiger partial charge in [-0.1, -0.05) is 24.3 Å². The minimum absolute atomic E-state index is 0.0644. The number of benzene rings is 2. The van der Waals surface area contributed by atoms with Crippen molar-refractivity contribution >= 4 is 27.5 Å². The number of piperazine rings is 1. The molecule has 4 aliphatic heterocycles. The van der Waals surface area contributed by atoms with Gasteiger partial charge in [0.2, 0.25) is 0 Å². The molecular weight excluding hydrogens is 495 g/mol. The fourth-order valence-electron chi connectivity index (χ4n) is 7.24. The first kappa shape index (κ1) is 23.3. The molecule has 4 saturated heterocycles. The molecule has 4 bridgehead atoms. The first-order valence-electron chi connectivity index (χ1n) is 14.1. The smallest absolute Gasteiger partial charge is 0.319 e. The molecule has 4 fully saturated rings. The van der Waals surface area contributed by atoms with Crippen molar-refractivity contribution in [2.75, 3.05) is 37.7 Å². The van der Waals surface area contributed by atoms with Crippen LogP contribution in [-0.2, 0) is 0 Å². The van der Waals surface area contributed by atoms with Crippen LogP contribution in [0.15, 0.2) is 42.6 Å². The van der Waals surface area contributed by atoms with Crippen LogP contribution in [0.5, 0.6) is 11.8 Å². The predicted octanol–water partition coefficient (Wildman–Crippen LogP) is 4.10. The van der Waals surface area contributed by atoms with Gasteiger partial charge in [0, 0.05) is 49.5 Å². The number of aromatic hydroxyl groups is 1. The van der Waals surface area contributed by atoms with Crippen molar-refractivity contribution in [1.82, 2.24) is 25.2 Å². The summed E-state index contributed by atoms with van der Waals surface area (Å²) in [5.74, 6) is 0.972. The van der Waals surface area contributed by atoms with Gasteiger partial charge in [-0.25, -0.2) is 4.39 Å². The molecule has 2 aromatic carbocycles. The van der Waals surface area contributed by atoms with E-state index in [1.165, 1.54) is 6.42 Å². The Bertz CT molecular complexity index is 1590. The van der Waals surface area contributed by atoms with E-state index in [0.29, 0.717) is 41.5 Å². The van der Waals surface area contributed by atoms with Crippen molar-refractivity contribution in [3.63, 3.8) is 0 Å². The number of hydrogen-bond acceptors (Lipinski definition) is 8. The summed E-state index contributed by atoms with van der Waals surface area (Å²) in [6.07, 6.45) is 6.34. The Morgan fingerprint density at radius 3 is 2.67 bits per heavy atom. The average Bonchev–Trinajstić information content (AvgIpc) is 3.67. The number of phenolic OH excluding ortho intramolecular Hbond substituents is 1. The minimum Gasteiger partial charge on any atom is -0.508 e. The number of halogens is 1. The lowest BCUT2D eigenvalue weighted by atomic mass is 10.00. The highest BCUT2D eigenvalue weighted by Crippen LogP contribution is 2.38. The molecule has 9 heteroatoms. The van der Waals surface area contributed by atoms with E-state index in [-0.39, 0.29) is 23.0 Å². The minimum atomic E-state index is -0.529. The first-order valence-corrected chi connectivity index (χ1v) is 14.1. The topological polar surface area (TPSA) is 86.6 Å². The van der Waals surface area contributed by atoms with Gasteiger partial charge in [0.05, 0.1) is 5.39 Å². The van der Waals surface area contributed by atoms with E-state index in [1.54, 1.807) is 18.3 Å². The first-order chi connectivity index (χ1) is 19.1. The highest BCUT2D eigenvalue weighted by Gasteiger charge is 2.38. The lowest BCUT2D eigenvalue weighted by Gasteiger charge is -2.34. The molecular formula is C30H31FN6O2. The van der Waals surface area contributed by atoms with E-state index < -0.39 is 5.82 Å². The number of aromatic nitrogens is 3. The Hall–Kier alpha value is -3.56. The maximum Gasteiger partial charge on any atom is 0.319 e. The number of phenols is 1. The van der Waals surface area contributed by atoms with Gasteiger partial charge in [-0.2, -0.15) is 9.97 Å². The van der Waals surface area contributed by atoms with Gasteiger partial charge in [-0.15, -0.1) is 0 Å². The second-order valence-corrected chi connectivity index (χ2v) is 11.6. The van der Waals surface area contributed by atoms with E-state index in [2.05, 4.69) is 25.1 Å². The molecule has 2 unspecified atom stereocenters. The van der Waals surface area contributed by atoms with Crippen molar-refractivity contribution in [1.29, 1.82) is 0 Å². The zero-order valence-corrected chi connectivity index (χ0v) is 21.7. The van der Waals surface area contributed by atoms with Gasteiger partial charge in [-0.05, 0) is 61.1 Å². The molecule has 39 heavy (non-hydrogen) atoms. The fourth-order valence-corrected chi connectivity index (χ4v) is 7.24. The molecule has 0 spiro atoms. The molecule has 0 amide bonds. The summed E-state index contributed by atoms with van der Waals surface area (Å²) in [5, 5.41) is 16.3. The summed E-state index contributed by atoms with van der Waals surface area (Å²) < 4.78 is 22.7. The Balaban J connectivity index is 1.24. The standard InChI is InChI=1S/C30H31FN6O2/c31-26-27(24-11-22(38)10-18-3-1-2-4-23(18)24)32-12-25-28(26)34-30(39-16-21-9-17-7-8-36(21)13-17)35-29(25)37-14-19-5-6-20(15-37)33-19/h1-4,10-12,17,19-21,33,38H,5-9,13-16H2/t17?,19-,20+,21-/m0/s1. The number of nitrogens with zero attached hydrogens (tertiary/aromatic N) is 5. The van der Waals surface area contributed by atoms with Crippen LogP contribution < -0.4 is 15.0 Å². The number of piperidine rings is 1. The van der Waals surface area contributed by atoms with E-state index >= 15 is 4.39 Å². The second kappa shape index (κ2) is 8.99. The number of ether oxygens (including phenoxy) is 1. The van der Waals surface area contributed by atoms with Crippen molar-refractivity contribution in [2.45, 2.75) is 43.8 Å². The largest absolute Gasteiger partial charge is 0.508 e. The maximum absolute atomic E-state index is 16.4. The van der Waals surface area contributed by atoms with Gasteiger partial charge in [0.25, 0.3) is 0 Å². The zero-order valence-electron chi connectivity index (χ0n) is 21.7. The molecule has 200 valence electrons. The van der Waals surface area contributed by atoms with E-state index in [1.807, 2.05) is 24.3 Å². The molecule has 2 N–H and O–H groups in total. The third-order valence-electron chi connectivity index (χ3n) is 9.11. The Labute approximate surface area is 225 Å². The fraction of sp³-hybridized carbons (Fsp3) is 0.433. The third kappa shape index (κ3) is 3.98. The van der Waals surface area contributed by atoms with Crippen molar-refractivity contribution in [3.8, 4) is 23.0 Å². The predicted molar refractivity (Wildman–Crippen MR) is 148 cm³/mol. The molecule has 4 aromatic rings. The van der Waals surface area contributed by atoms with Crippen molar-refractivity contribution in [2.24, 2.45) is 5.92 Å². The van der Waals surface area contributed by atoms with Gasteiger partial charge in [0.1, 0.15) is 29.4 Å². The van der Waals surface area contributed by atoms with Crippen LogP contribution in [0, 0.1) is 11.7 Å². The summed E-state index contributed by atoms with van der Waals surface area (Å²) in [6, 6.07) is 12.2. The molecule has 5 atom stereocenters. The number of anilines is 1. The summed E-state index contributed by atoms with van der Waals surface area (Å²) >= 11 is 0. The number of rotatable bonds is 5. The Morgan fingerprint density at radius 1 is 1.03 bits per heavy atom. The van der Waals surface area contributed by atoms with Gasteiger partial charge in [0.15, 0.2) is 5.82 Å². The maximum atomic E-state index is 16.4. The van der Waals surface area contributed by atoms with Crippen LogP contribution in [0.1, 0.15) is 25.7 Å². The zero-order chi connectivity index (χ0) is 26.1. The molecule has 8 rings (SSSR count). The van der Waals surface area contributed by atoms with Gasteiger partial charge in [-0.3, -0.25) is 9.88 Å². The highest BCUT2D eigenvalue weighted by atomic mass is 19.1. The van der Waals surface area contributed by atoms with Crippen LogP contribution in [0.4, 0.5) is 10.2 Å². The lowest BCUT2D eigenvalue weighted by molar-refractivity contribution is 0.163. The molecule has 0 radical (unpaired) electrons. The molecule has 4 aliphatic rings. The summed E-state index contributed by atoms with van der Waals surface area (Å²) in [5.41, 5.74) is 0.888. The number of fused-ring (bicyclic) bond motifs is 6. The molecule has 8 nitrogen and oxygen atoms in total. The van der Waals surface area contributed by atoms with Gasteiger partial charge >= 0.3 is 6.01 Å². The van der Waals surface area contributed by atoms with E-state index in [9.17, 15) is 5.11 Å². The number of nitrogens with one attached hydrogen (secondary N) is 1. The number of pyridine rings is 1. The Morgan fingerprint density at radius 2 is 1.87 bits per heavy atom. The van der Waals surface area contributed by atoms with Crippen molar-refractivity contribution in [3.05, 3.63) is 48.4 Å². The lowest BCUT2D eigenvalue weighted by Crippen LogP contribution is -2.51. The summed E-state index contributed by atoms with van der Waals surface area (Å²) in [7, 11) is 0. The monoisotopic (exact) mass is 526 g/mol. The quantitative estimate of drug-likeness (QED) is 0.402. The van der Waals surface area contributed by atoms with E-state index in [0.717, 1.165) is 62.1 Å². The van der Waals surface area contributed by atoms with Crippen LogP contribution in [0.3, 0.4) is 0 Å². The second-order valence-electron chi connectivity index (χ2n) is 11.6. The average molecular weight is 527 g/mol. The summed E-state index contributed by atoms with van der Waals surface area (Å²) in [4.78, 5) is 18.8. The molecule has 2 aromatic heterocycles. The molecule has 0 aliphatic carbocycles. The highest BCUT2D eigenvalue weighted by molar-refractivity contribution is 5.99. The Kier molecular flexibility index (Phi) is 5.38. The van der Waals surface area contributed by atoms with Gasteiger partial charge < -0.3 is 20.1 Å². The van der Waals surface area contributed by atoms with E-state index in [4.69, 9.17) is 9.72 Å². The van der Waals surface area contributed by atoms with Crippen LogP contribution in [0.25, 0.3) is 32.9 Å². The summed E-state index contributed by atoms with van der Waals surface area (Å²) in [6.45, 7) is 4.38. The number of hydrogen-bond donors (Lipinski definition) is 2.